The van der Waals surface area contributed by atoms with Crippen LogP contribution in [0.2, 0.25) is 0 Å². The minimum absolute atomic E-state index is 0.124. The van der Waals surface area contributed by atoms with Crippen LogP contribution in [-0.2, 0) is 16.6 Å². The third-order valence-electron chi connectivity index (χ3n) is 6.85. The minimum Gasteiger partial charge on any atom is -0.299 e. The molecule has 1 saturated carbocycles. The van der Waals surface area contributed by atoms with E-state index in [1.165, 1.54) is 36.0 Å². The number of hydrogen-bond donors (Lipinski definition) is 0. The van der Waals surface area contributed by atoms with Crippen molar-refractivity contribution in [3.05, 3.63) is 34.9 Å². The summed E-state index contributed by atoms with van der Waals surface area (Å²) in [5.41, 5.74) is 4.58. The Morgan fingerprint density at radius 1 is 1.23 bits per heavy atom. The van der Waals surface area contributed by atoms with Crippen LogP contribution in [0.25, 0.3) is 0 Å². The van der Waals surface area contributed by atoms with E-state index in [-0.39, 0.29) is 10.8 Å². The molecule has 1 fully saturated rings. The highest BCUT2D eigenvalue weighted by Crippen LogP contribution is 2.57. The zero-order valence-electron chi connectivity index (χ0n) is 14.8. The van der Waals surface area contributed by atoms with Gasteiger partial charge in [-0.1, -0.05) is 52.3 Å². The predicted molar refractivity (Wildman–Crippen MR) is 92.3 cm³/mol. The molecule has 0 heterocycles. The van der Waals surface area contributed by atoms with Crippen molar-refractivity contribution in [3.63, 3.8) is 0 Å². The maximum Gasteiger partial charge on any atom is 0.135 e. The molecule has 1 aromatic rings. The Balaban J connectivity index is 2.08. The van der Waals surface area contributed by atoms with Crippen LogP contribution in [0.1, 0.15) is 82.9 Å². The van der Waals surface area contributed by atoms with Crippen LogP contribution in [0, 0.1) is 11.3 Å². The normalized spacial score (nSPS) is 34.2. The summed E-state index contributed by atoms with van der Waals surface area (Å²) in [7, 11) is 0. The van der Waals surface area contributed by atoms with Gasteiger partial charge in [0, 0.05) is 5.41 Å². The van der Waals surface area contributed by atoms with Crippen molar-refractivity contribution in [1.29, 1.82) is 0 Å². The largest absolute Gasteiger partial charge is 0.299 e. The summed E-state index contributed by atoms with van der Waals surface area (Å²) < 4.78 is 0. The van der Waals surface area contributed by atoms with Crippen LogP contribution in [0.4, 0.5) is 0 Å². The Morgan fingerprint density at radius 3 is 2.59 bits per heavy atom. The molecule has 0 bridgehead atoms. The van der Waals surface area contributed by atoms with Gasteiger partial charge in [-0.15, -0.1) is 0 Å². The van der Waals surface area contributed by atoms with Gasteiger partial charge in [0.25, 0.3) is 0 Å². The SMILES string of the molecule is CC(=O)C1(C)CCCC2(C)c3ccc(C(C)C)cc3CCC12. The molecule has 2 aliphatic carbocycles. The first kappa shape index (κ1) is 15.8. The summed E-state index contributed by atoms with van der Waals surface area (Å²) in [6.45, 7) is 11.0. The monoisotopic (exact) mass is 298 g/mol. The van der Waals surface area contributed by atoms with Gasteiger partial charge < -0.3 is 0 Å². The molecule has 0 amide bonds. The third-order valence-corrected chi connectivity index (χ3v) is 6.85. The molecule has 1 heteroatoms. The Bertz CT molecular complexity index is 600. The maximum atomic E-state index is 12.4. The first-order valence-electron chi connectivity index (χ1n) is 8.93. The van der Waals surface area contributed by atoms with Crippen LogP contribution in [-0.4, -0.2) is 5.78 Å². The molecule has 0 radical (unpaired) electrons. The summed E-state index contributed by atoms with van der Waals surface area (Å²) in [6.07, 6.45) is 5.78. The highest BCUT2D eigenvalue weighted by molar-refractivity contribution is 5.82. The molecule has 1 nitrogen and oxygen atoms in total. The molecule has 0 N–H and O–H groups in total. The lowest BCUT2D eigenvalue weighted by Gasteiger charge is -2.54. The molecular formula is C21H30O. The van der Waals surface area contributed by atoms with E-state index in [0.717, 1.165) is 12.8 Å². The summed E-state index contributed by atoms with van der Waals surface area (Å²) in [5.74, 6) is 1.49. The van der Waals surface area contributed by atoms with Gasteiger partial charge >= 0.3 is 0 Å². The van der Waals surface area contributed by atoms with Gasteiger partial charge in [0.2, 0.25) is 0 Å². The number of aryl methyl sites for hydroxylation is 1. The fourth-order valence-electron chi connectivity index (χ4n) is 5.29. The second-order valence-corrected chi connectivity index (χ2v) is 8.41. The first-order valence-corrected chi connectivity index (χ1v) is 8.93. The van der Waals surface area contributed by atoms with Crippen LogP contribution in [0.5, 0.6) is 0 Å². The first-order chi connectivity index (χ1) is 10.3. The number of carbonyl (C=O) groups excluding carboxylic acids is 1. The van der Waals surface area contributed by atoms with Crippen molar-refractivity contribution in [2.24, 2.45) is 11.3 Å². The molecule has 3 unspecified atom stereocenters. The van der Waals surface area contributed by atoms with E-state index >= 15 is 0 Å². The van der Waals surface area contributed by atoms with Crippen molar-refractivity contribution in [1.82, 2.24) is 0 Å². The lowest BCUT2D eigenvalue weighted by atomic mass is 9.49. The van der Waals surface area contributed by atoms with Gasteiger partial charge in [0.15, 0.2) is 0 Å². The lowest BCUT2D eigenvalue weighted by molar-refractivity contribution is -0.134. The van der Waals surface area contributed by atoms with Crippen molar-refractivity contribution in [3.8, 4) is 0 Å². The number of fused-ring (bicyclic) bond motifs is 3. The predicted octanol–water partition coefficient (Wildman–Crippen LogP) is 5.41. The van der Waals surface area contributed by atoms with E-state index < -0.39 is 0 Å². The average molecular weight is 298 g/mol. The number of ketones is 1. The van der Waals surface area contributed by atoms with Gasteiger partial charge in [-0.05, 0) is 66.5 Å². The summed E-state index contributed by atoms with van der Waals surface area (Å²) in [5, 5.41) is 0. The molecule has 0 aromatic heterocycles. The smallest absolute Gasteiger partial charge is 0.135 e. The van der Waals surface area contributed by atoms with Crippen molar-refractivity contribution in [2.75, 3.05) is 0 Å². The Kier molecular flexibility index (Phi) is 3.74. The van der Waals surface area contributed by atoms with E-state index in [9.17, 15) is 4.79 Å². The van der Waals surface area contributed by atoms with E-state index in [2.05, 4.69) is 45.9 Å². The van der Waals surface area contributed by atoms with Gasteiger partial charge in [-0.2, -0.15) is 0 Å². The van der Waals surface area contributed by atoms with Crippen LogP contribution < -0.4 is 0 Å². The molecular weight excluding hydrogens is 268 g/mol. The molecule has 0 saturated heterocycles. The van der Waals surface area contributed by atoms with E-state index in [0.29, 0.717) is 17.6 Å². The molecule has 120 valence electrons. The number of carbonyl (C=O) groups is 1. The van der Waals surface area contributed by atoms with Crippen LogP contribution in [0.15, 0.2) is 18.2 Å². The van der Waals surface area contributed by atoms with Gasteiger partial charge in [0.05, 0.1) is 0 Å². The number of Topliss-reactive ketones (excluding diaryl/α,β-unsaturated/α-hetero) is 1. The van der Waals surface area contributed by atoms with Gasteiger partial charge in [0.1, 0.15) is 5.78 Å². The fraction of sp³-hybridized carbons (Fsp3) is 0.667. The van der Waals surface area contributed by atoms with Crippen LogP contribution in [0.3, 0.4) is 0 Å². The third kappa shape index (κ3) is 2.16. The van der Waals surface area contributed by atoms with E-state index in [1.807, 2.05) is 6.92 Å². The zero-order chi connectivity index (χ0) is 16.1. The van der Waals surface area contributed by atoms with Crippen molar-refractivity contribution in [2.45, 2.75) is 78.1 Å². The van der Waals surface area contributed by atoms with Gasteiger partial charge in [-0.25, -0.2) is 0 Å². The molecule has 22 heavy (non-hydrogen) atoms. The molecule has 1 aromatic carbocycles. The summed E-state index contributed by atoms with van der Waals surface area (Å²) in [6, 6.07) is 7.13. The van der Waals surface area contributed by atoms with Crippen LogP contribution >= 0.6 is 0 Å². The summed E-state index contributed by atoms with van der Waals surface area (Å²) >= 11 is 0. The quantitative estimate of drug-likeness (QED) is 0.713. The topological polar surface area (TPSA) is 17.1 Å². The molecule has 2 aliphatic rings. The second kappa shape index (κ2) is 5.22. The standard InChI is InChI=1S/C21H30O/c1-14(2)16-7-9-18-17(13-16)8-10-19-20(4,15(3)22)11-6-12-21(18,19)5/h7,9,13-14,19H,6,8,10-12H2,1-5H3. The lowest BCUT2D eigenvalue weighted by Crippen LogP contribution is -2.51. The highest BCUT2D eigenvalue weighted by atomic mass is 16.1. The number of benzene rings is 1. The average Bonchev–Trinajstić information content (AvgIpc) is 2.46. The molecule has 3 rings (SSSR count). The second-order valence-electron chi connectivity index (χ2n) is 8.41. The minimum atomic E-state index is -0.124. The Labute approximate surface area is 135 Å². The van der Waals surface area contributed by atoms with Crippen molar-refractivity contribution >= 4 is 5.78 Å². The zero-order valence-corrected chi connectivity index (χ0v) is 14.8. The molecule has 3 atom stereocenters. The number of rotatable bonds is 2. The Hall–Kier alpha value is -1.11. The summed E-state index contributed by atoms with van der Waals surface area (Å²) in [4.78, 5) is 12.4. The van der Waals surface area contributed by atoms with Gasteiger partial charge in [-0.3, -0.25) is 4.79 Å². The van der Waals surface area contributed by atoms with E-state index in [4.69, 9.17) is 0 Å². The fourth-order valence-corrected chi connectivity index (χ4v) is 5.29. The highest BCUT2D eigenvalue weighted by Gasteiger charge is 2.53. The number of hydrogen-bond acceptors (Lipinski definition) is 1. The maximum absolute atomic E-state index is 12.4. The molecule has 0 aliphatic heterocycles. The Morgan fingerprint density at radius 2 is 1.95 bits per heavy atom. The van der Waals surface area contributed by atoms with E-state index in [1.54, 1.807) is 0 Å². The van der Waals surface area contributed by atoms with Crippen molar-refractivity contribution < 1.29 is 4.79 Å². The molecule has 0 spiro atoms.